The molecule has 0 heterocycles. The zero-order valence-corrected chi connectivity index (χ0v) is 18.8. The van der Waals surface area contributed by atoms with Gasteiger partial charge in [0.05, 0.1) is 11.7 Å². The van der Waals surface area contributed by atoms with Gasteiger partial charge in [-0.3, -0.25) is 0 Å². The molecule has 146 valence electrons. The Morgan fingerprint density at radius 2 is 1.61 bits per heavy atom. The van der Waals surface area contributed by atoms with E-state index in [1.807, 2.05) is 0 Å². The van der Waals surface area contributed by atoms with E-state index >= 15 is 0 Å². The molecule has 5 rings (SSSR count). The number of fused-ring (bicyclic) bond motifs is 4. The lowest BCUT2D eigenvalue weighted by atomic mass is 9.80. The summed E-state index contributed by atoms with van der Waals surface area (Å²) in [5.74, 6) is 3.19. The maximum atomic E-state index is 6.91. The topological polar surface area (TPSA) is 9.23 Å². The van der Waals surface area contributed by atoms with Gasteiger partial charge in [0, 0.05) is 10.0 Å². The molecule has 0 radical (unpaired) electrons. The average Bonchev–Trinajstić information content (AvgIpc) is 3.18. The first-order valence-electron chi connectivity index (χ1n) is 10.6. The van der Waals surface area contributed by atoms with Gasteiger partial charge in [-0.1, -0.05) is 60.1 Å². The van der Waals surface area contributed by atoms with Crippen molar-refractivity contribution in [1.82, 2.24) is 0 Å². The summed E-state index contributed by atoms with van der Waals surface area (Å²) in [6.45, 7) is 9.37. The Morgan fingerprint density at radius 3 is 2.29 bits per heavy atom. The minimum atomic E-state index is -0.334. The van der Waals surface area contributed by atoms with E-state index in [4.69, 9.17) is 4.74 Å². The van der Waals surface area contributed by atoms with Gasteiger partial charge in [-0.15, -0.1) is 0 Å². The van der Waals surface area contributed by atoms with E-state index in [-0.39, 0.29) is 5.60 Å². The van der Waals surface area contributed by atoms with Gasteiger partial charge in [-0.2, -0.15) is 0 Å². The van der Waals surface area contributed by atoms with Crippen molar-refractivity contribution in [1.29, 1.82) is 0 Å². The van der Waals surface area contributed by atoms with Crippen LogP contribution in [-0.4, -0.2) is 6.10 Å². The standard InChI is InChI=1S/C26H29BrO/c1-15-16(2)21-13-20(15)14-24(21)28-26(3,4)25-22-12-18-8-6-5-7-17(18)11-19(22)9-10-23(25)27/h5-12,15-16,20-21,24H,13-14H2,1-4H3. The van der Waals surface area contributed by atoms with E-state index in [2.05, 4.69) is 92.2 Å². The van der Waals surface area contributed by atoms with Crippen molar-refractivity contribution < 1.29 is 4.74 Å². The van der Waals surface area contributed by atoms with Crippen LogP contribution < -0.4 is 0 Å². The van der Waals surface area contributed by atoms with Gasteiger partial charge in [-0.05, 0) is 90.1 Å². The summed E-state index contributed by atoms with van der Waals surface area (Å²) < 4.78 is 8.05. The molecular weight excluding hydrogens is 408 g/mol. The quantitative estimate of drug-likeness (QED) is 0.382. The minimum absolute atomic E-state index is 0.334. The molecule has 0 saturated heterocycles. The Morgan fingerprint density at radius 1 is 0.893 bits per heavy atom. The highest BCUT2D eigenvalue weighted by atomic mass is 79.9. The third-order valence-corrected chi connectivity index (χ3v) is 8.38. The van der Waals surface area contributed by atoms with Crippen molar-refractivity contribution in [2.75, 3.05) is 0 Å². The van der Waals surface area contributed by atoms with E-state index in [1.165, 1.54) is 39.9 Å². The molecule has 0 N–H and O–H groups in total. The molecule has 5 unspecified atom stereocenters. The smallest absolute Gasteiger partial charge is 0.0896 e. The number of hydrogen-bond acceptors (Lipinski definition) is 1. The summed E-state index contributed by atoms with van der Waals surface area (Å²) in [6.07, 6.45) is 2.96. The molecular formula is C26H29BrO. The number of ether oxygens (including phenoxy) is 1. The highest BCUT2D eigenvalue weighted by Crippen LogP contribution is 2.54. The predicted molar refractivity (Wildman–Crippen MR) is 122 cm³/mol. The van der Waals surface area contributed by atoms with E-state index in [0.29, 0.717) is 12.0 Å². The number of benzene rings is 3. The van der Waals surface area contributed by atoms with Crippen LogP contribution in [0.2, 0.25) is 0 Å². The molecule has 0 aromatic heterocycles. The second kappa shape index (κ2) is 6.57. The van der Waals surface area contributed by atoms with Crippen molar-refractivity contribution >= 4 is 37.5 Å². The van der Waals surface area contributed by atoms with Gasteiger partial charge in [0.15, 0.2) is 0 Å². The summed E-state index contributed by atoms with van der Waals surface area (Å²) in [7, 11) is 0. The van der Waals surface area contributed by atoms with Crippen LogP contribution in [0.25, 0.3) is 21.5 Å². The zero-order chi connectivity index (χ0) is 19.6. The van der Waals surface area contributed by atoms with Crippen molar-refractivity contribution in [2.45, 2.75) is 52.2 Å². The number of hydrogen-bond donors (Lipinski definition) is 0. The molecule has 28 heavy (non-hydrogen) atoms. The normalized spacial score (nSPS) is 29.8. The molecule has 2 saturated carbocycles. The molecule has 3 aromatic rings. The molecule has 2 aliphatic carbocycles. The fourth-order valence-electron chi connectivity index (χ4n) is 6.04. The molecule has 2 aliphatic rings. The Kier molecular flexibility index (Phi) is 4.37. The molecule has 3 aromatic carbocycles. The van der Waals surface area contributed by atoms with Gasteiger partial charge in [0.1, 0.15) is 0 Å². The average molecular weight is 437 g/mol. The van der Waals surface area contributed by atoms with Crippen molar-refractivity contribution in [2.24, 2.45) is 23.7 Å². The summed E-state index contributed by atoms with van der Waals surface area (Å²) in [6, 6.07) is 17.7. The van der Waals surface area contributed by atoms with Crippen LogP contribution in [0.5, 0.6) is 0 Å². The second-order valence-electron chi connectivity index (χ2n) is 9.62. The lowest BCUT2D eigenvalue weighted by Gasteiger charge is -2.38. The molecule has 0 spiro atoms. The van der Waals surface area contributed by atoms with Crippen LogP contribution in [0, 0.1) is 23.7 Å². The molecule has 1 nitrogen and oxygen atoms in total. The summed E-state index contributed by atoms with van der Waals surface area (Å²) in [5.41, 5.74) is 0.943. The minimum Gasteiger partial charge on any atom is -0.367 e. The summed E-state index contributed by atoms with van der Waals surface area (Å²) in [4.78, 5) is 0. The van der Waals surface area contributed by atoms with Gasteiger partial charge in [0.25, 0.3) is 0 Å². The number of rotatable bonds is 3. The first-order valence-corrected chi connectivity index (χ1v) is 11.4. The van der Waals surface area contributed by atoms with Crippen LogP contribution in [-0.2, 0) is 10.3 Å². The lowest BCUT2D eigenvalue weighted by Crippen LogP contribution is -2.36. The summed E-state index contributed by atoms with van der Waals surface area (Å²) >= 11 is 3.85. The molecule has 0 aliphatic heterocycles. The van der Waals surface area contributed by atoms with Crippen molar-refractivity contribution in [3.05, 3.63) is 58.6 Å². The summed E-state index contributed by atoms with van der Waals surface area (Å²) in [5, 5.41) is 5.15. The Hall–Kier alpha value is -1.38. The second-order valence-corrected chi connectivity index (χ2v) is 10.5. The molecule has 2 bridgehead atoms. The van der Waals surface area contributed by atoms with Crippen LogP contribution in [0.1, 0.15) is 46.1 Å². The molecule has 0 amide bonds. The Balaban J connectivity index is 1.57. The third-order valence-electron chi connectivity index (χ3n) is 7.72. The van der Waals surface area contributed by atoms with Crippen LogP contribution in [0.4, 0.5) is 0 Å². The third kappa shape index (κ3) is 2.83. The van der Waals surface area contributed by atoms with Crippen molar-refractivity contribution in [3.8, 4) is 0 Å². The Bertz CT molecular complexity index is 1050. The molecule has 2 heteroatoms. The maximum Gasteiger partial charge on any atom is 0.0896 e. The van der Waals surface area contributed by atoms with Crippen LogP contribution in [0.15, 0.2) is 53.0 Å². The van der Waals surface area contributed by atoms with Gasteiger partial charge in [0.2, 0.25) is 0 Å². The van der Waals surface area contributed by atoms with Crippen molar-refractivity contribution in [3.63, 3.8) is 0 Å². The van der Waals surface area contributed by atoms with E-state index in [9.17, 15) is 0 Å². The maximum absolute atomic E-state index is 6.91. The molecule has 2 fully saturated rings. The monoisotopic (exact) mass is 436 g/mol. The fraction of sp³-hybridized carbons (Fsp3) is 0.462. The van der Waals surface area contributed by atoms with Gasteiger partial charge < -0.3 is 4.74 Å². The zero-order valence-electron chi connectivity index (χ0n) is 17.2. The first-order chi connectivity index (χ1) is 13.3. The highest BCUT2D eigenvalue weighted by Gasteiger charge is 2.50. The van der Waals surface area contributed by atoms with E-state index in [1.54, 1.807) is 0 Å². The predicted octanol–water partition coefficient (Wildman–Crippen LogP) is 7.69. The van der Waals surface area contributed by atoms with Gasteiger partial charge in [-0.25, -0.2) is 0 Å². The van der Waals surface area contributed by atoms with Crippen LogP contribution >= 0.6 is 15.9 Å². The van der Waals surface area contributed by atoms with Gasteiger partial charge >= 0.3 is 0 Å². The van der Waals surface area contributed by atoms with E-state index < -0.39 is 0 Å². The first kappa shape index (κ1) is 18.6. The number of halogens is 1. The lowest BCUT2D eigenvalue weighted by molar-refractivity contribution is -0.109. The molecule has 5 atom stereocenters. The Labute approximate surface area is 176 Å². The largest absolute Gasteiger partial charge is 0.367 e. The van der Waals surface area contributed by atoms with E-state index in [0.717, 1.165) is 22.2 Å². The van der Waals surface area contributed by atoms with Crippen LogP contribution in [0.3, 0.4) is 0 Å². The highest BCUT2D eigenvalue weighted by molar-refractivity contribution is 9.10. The SMILES string of the molecule is CC1C2CC(OC(C)(C)c3c(Br)ccc4cc5ccccc5cc34)C(C2)C1C. The fourth-order valence-corrected chi connectivity index (χ4v) is 6.87.